The van der Waals surface area contributed by atoms with E-state index in [2.05, 4.69) is 4.72 Å². The third-order valence-corrected chi connectivity index (χ3v) is 7.19. The van der Waals surface area contributed by atoms with Crippen molar-refractivity contribution in [2.24, 2.45) is 0 Å². The summed E-state index contributed by atoms with van der Waals surface area (Å²) < 4.78 is 27.4. The van der Waals surface area contributed by atoms with Crippen molar-refractivity contribution in [2.45, 2.75) is 57.1 Å². The number of nitrogens with one attached hydrogen (secondary N) is 1. The van der Waals surface area contributed by atoms with E-state index in [0.717, 1.165) is 0 Å². The first kappa shape index (κ1) is 22.7. The number of likely N-dealkylation sites (N-methyl/N-ethyl adjacent to an activating group) is 1. The maximum absolute atomic E-state index is 12.9. The zero-order valence-electron chi connectivity index (χ0n) is 17.2. The van der Waals surface area contributed by atoms with Crippen molar-refractivity contribution in [2.75, 3.05) is 18.7 Å². The number of hydrogen-bond acceptors (Lipinski definition) is 5. The Labute approximate surface area is 171 Å². The molecule has 0 aliphatic carbocycles. The molecule has 1 saturated heterocycles. The van der Waals surface area contributed by atoms with Crippen LogP contribution in [-0.4, -0.2) is 66.3 Å². The lowest BCUT2D eigenvalue weighted by Crippen LogP contribution is -2.49. The molecule has 1 aromatic carbocycles. The Morgan fingerprint density at radius 1 is 1.21 bits per heavy atom. The molecule has 9 heteroatoms. The molecule has 0 spiro atoms. The van der Waals surface area contributed by atoms with Crippen molar-refractivity contribution >= 4 is 33.6 Å². The zero-order chi connectivity index (χ0) is 21.3. The van der Waals surface area contributed by atoms with E-state index in [-0.39, 0.29) is 22.8 Å². The van der Waals surface area contributed by atoms with Gasteiger partial charge in [-0.05, 0) is 58.9 Å². The quantitative estimate of drug-likeness (QED) is 0.778. The van der Waals surface area contributed by atoms with Gasteiger partial charge in [0.25, 0.3) is 5.91 Å². The van der Waals surface area contributed by atoms with E-state index in [1.165, 1.54) is 36.0 Å². The van der Waals surface area contributed by atoms with E-state index in [0.29, 0.717) is 17.2 Å². The summed E-state index contributed by atoms with van der Waals surface area (Å²) in [6.07, 6.45) is 0. The fourth-order valence-electron chi connectivity index (χ4n) is 2.74. The molecule has 0 saturated carbocycles. The third kappa shape index (κ3) is 5.27. The van der Waals surface area contributed by atoms with E-state index in [1.807, 2.05) is 13.8 Å². The summed E-state index contributed by atoms with van der Waals surface area (Å²) in [4.78, 5) is 28.9. The summed E-state index contributed by atoms with van der Waals surface area (Å²) in [5.74, 6) is 0.645. The Balaban J connectivity index is 2.19. The van der Waals surface area contributed by atoms with Gasteiger partial charge in [0.15, 0.2) is 0 Å². The molecule has 1 aliphatic rings. The van der Waals surface area contributed by atoms with Crippen molar-refractivity contribution < 1.29 is 18.0 Å². The van der Waals surface area contributed by atoms with Crippen molar-refractivity contribution in [3.05, 3.63) is 29.8 Å². The van der Waals surface area contributed by atoms with Gasteiger partial charge in [-0.3, -0.25) is 9.59 Å². The normalized spacial score (nSPS) is 17.8. The molecule has 1 N–H and O–H groups in total. The number of benzene rings is 1. The number of amides is 2. The third-order valence-electron chi connectivity index (χ3n) is 4.40. The van der Waals surface area contributed by atoms with Crippen LogP contribution < -0.4 is 4.72 Å². The lowest BCUT2D eigenvalue weighted by Gasteiger charge is -2.29. The first-order valence-corrected chi connectivity index (χ1v) is 11.8. The van der Waals surface area contributed by atoms with Gasteiger partial charge in [0, 0.05) is 29.9 Å². The van der Waals surface area contributed by atoms with Crippen LogP contribution in [0.3, 0.4) is 0 Å². The molecule has 1 heterocycles. The molecule has 0 unspecified atom stereocenters. The van der Waals surface area contributed by atoms with Gasteiger partial charge in [-0.1, -0.05) is 0 Å². The molecule has 2 rings (SSSR count). The van der Waals surface area contributed by atoms with Gasteiger partial charge in [0.1, 0.15) is 6.04 Å². The highest BCUT2D eigenvalue weighted by Crippen LogP contribution is 2.25. The second kappa shape index (κ2) is 8.42. The maximum atomic E-state index is 12.9. The largest absolute Gasteiger partial charge is 0.342 e. The molecule has 1 fully saturated rings. The minimum Gasteiger partial charge on any atom is -0.342 e. The number of hydrogen-bond donors (Lipinski definition) is 1. The van der Waals surface area contributed by atoms with Gasteiger partial charge in [-0.15, -0.1) is 11.8 Å². The summed E-state index contributed by atoms with van der Waals surface area (Å²) in [7, 11) is -1.93. The highest BCUT2D eigenvalue weighted by molar-refractivity contribution is 7.99. The fraction of sp³-hybridized carbons (Fsp3) is 0.579. The molecule has 0 aromatic heterocycles. The minimum absolute atomic E-state index is 0.0508. The monoisotopic (exact) mass is 427 g/mol. The SMILES string of the molecule is CC(C)N(C)C(=O)[C@@H]1CSCN1C(=O)c1ccc(S(=O)(=O)NC(C)(C)C)cc1. The lowest BCUT2D eigenvalue weighted by molar-refractivity contribution is -0.135. The summed E-state index contributed by atoms with van der Waals surface area (Å²) in [6, 6.07) is 5.38. The average Bonchev–Trinajstić information content (AvgIpc) is 3.07. The molecular weight excluding hydrogens is 398 g/mol. The maximum Gasteiger partial charge on any atom is 0.255 e. The second-order valence-corrected chi connectivity index (χ2v) is 10.9. The van der Waals surface area contributed by atoms with Gasteiger partial charge >= 0.3 is 0 Å². The number of carbonyl (C=O) groups is 2. The predicted octanol–water partition coefficient (Wildman–Crippen LogP) is 2.15. The average molecular weight is 428 g/mol. The van der Waals surface area contributed by atoms with Gasteiger partial charge in [-0.25, -0.2) is 13.1 Å². The highest BCUT2D eigenvalue weighted by atomic mass is 32.2. The molecule has 1 atom stereocenters. The summed E-state index contributed by atoms with van der Waals surface area (Å²) in [5.41, 5.74) is -0.238. The first-order valence-electron chi connectivity index (χ1n) is 9.13. The van der Waals surface area contributed by atoms with Crippen LogP contribution in [0.5, 0.6) is 0 Å². The summed E-state index contributed by atoms with van der Waals surface area (Å²) >= 11 is 1.54. The Kier molecular flexibility index (Phi) is 6.83. The molecule has 156 valence electrons. The first-order chi connectivity index (χ1) is 12.8. The van der Waals surface area contributed by atoms with Crippen molar-refractivity contribution in [3.8, 4) is 0 Å². The van der Waals surface area contributed by atoms with Gasteiger partial charge in [-0.2, -0.15) is 0 Å². The van der Waals surface area contributed by atoms with Crippen LogP contribution in [-0.2, 0) is 14.8 Å². The van der Waals surface area contributed by atoms with Crippen LogP contribution in [0.15, 0.2) is 29.2 Å². The van der Waals surface area contributed by atoms with Gasteiger partial charge in [0.05, 0.1) is 10.8 Å². The lowest BCUT2D eigenvalue weighted by atomic mass is 10.1. The van der Waals surface area contributed by atoms with E-state index >= 15 is 0 Å². The Morgan fingerprint density at radius 2 is 1.79 bits per heavy atom. The molecule has 0 radical (unpaired) electrons. The molecule has 0 bridgehead atoms. The van der Waals surface area contributed by atoms with E-state index in [4.69, 9.17) is 0 Å². The minimum atomic E-state index is -3.66. The molecule has 2 amide bonds. The zero-order valence-corrected chi connectivity index (χ0v) is 18.9. The molecule has 7 nitrogen and oxygen atoms in total. The number of nitrogens with zero attached hydrogens (tertiary/aromatic N) is 2. The Bertz CT molecular complexity index is 830. The number of thioether (sulfide) groups is 1. The van der Waals surface area contributed by atoms with Crippen LogP contribution in [0.1, 0.15) is 45.0 Å². The van der Waals surface area contributed by atoms with Gasteiger partial charge < -0.3 is 9.80 Å². The van der Waals surface area contributed by atoms with Gasteiger partial charge in [0.2, 0.25) is 15.9 Å². The van der Waals surface area contributed by atoms with Crippen molar-refractivity contribution in [1.82, 2.24) is 14.5 Å². The van der Waals surface area contributed by atoms with E-state index in [1.54, 1.807) is 37.6 Å². The molecule has 28 heavy (non-hydrogen) atoms. The van der Waals surface area contributed by atoms with Crippen LogP contribution >= 0.6 is 11.8 Å². The molecular formula is C19H29N3O4S2. The fourth-order valence-corrected chi connectivity index (χ4v) is 5.30. The number of carbonyl (C=O) groups excluding carboxylic acids is 2. The van der Waals surface area contributed by atoms with Crippen LogP contribution in [0.25, 0.3) is 0 Å². The predicted molar refractivity (Wildman–Crippen MR) is 112 cm³/mol. The molecule has 1 aliphatic heterocycles. The van der Waals surface area contributed by atoms with Crippen molar-refractivity contribution in [1.29, 1.82) is 0 Å². The highest BCUT2D eigenvalue weighted by Gasteiger charge is 2.37. The molecule has 1 aromatic rings. The number of sulfonamides is 1. The Hall–Kier alpha value is -1.58. The van der Waals surface area contributed by atoms with E-state index in [9.17, 15) is 18.0 Å². The topological polar surface area (TPSA) is 86.8 Å². The standard InChI is InChI=1S/C19H29N3O4S2/c1-13(2)21(6)18(24)16-11-27-12-22(16)17(23)14-7-9-15(10-8-14)28(25,26)20-19(3,4)5/h7-10,13,16,20H,11-12H2,1-6H3/t16-/m0/s1. The van der Waals surface area contributed by atoms with E-state index < -0.39 is 21.6 Å². The Morgan fingerprint density at radius 3 is 2.29 bits per heavy atom. The summed E-state index contributed by atoms with van der Waals surface area (Å²) in [6.45, 7) is 9.14. The van der Waals surface area contributed by atoms with Crippen LogP contribution in [0.4, 0.5) is 0 Å². The van der Waals surface area contributed by atoms with Crippen LogP contribution in [0.2, 0.25) is 0 Å². The van der Waals surface area contributed by atoms with Crippen molar-refractivity contribution in [3.63, 3.8) is 0 Å². The smallest absolute Gasteiger partial charge is 0.255 e. The van der Waals surface area contributed by atoms with Crippen LogP contribution in [0, 0.1) is 0 Å². The second-order valence-electron chi connectivity index (χ2n) is 8.21. The summed E-state index contributed by atoms with van der Waals surface area (Å²) in [5, 5.41) is 0. The number of rotatable bonds is 5.